The Morgan fingerprint density at radius 2 is 1.79 bits per heavy atom. The Hall–Kier alpha value is -0.120. The number of piperazine rings is 1. The average molecular weight is 267 g/mol. The summed E-state index contributed by atoms with van der Waals surface area (Å²) < 4.78 is 0. The largest absolute Gasteiger partial charge is 0.315 e. The topological polar surface area (TPSA) is 18.5 Å². The number of nitrogens with zero attached hydrogens (tertiary/aromatic N) is 2. The third-order valence-corrected chi connectivity index (χ3v) is 4.91. The van der Waals surface area contributed by atoms with Crippen LogP contribution in [0.2, 0.25) is 0 Å². The van der Waals surface area contributed by atoms with Gasteiger partial charge in [0.05, 0.1) is 0 Å². The maximum atomic E-state index is 3.50. The highest BCUT2D eigenvalue weighted by atomic mass is 15.3. The van der Waals surface area contributed by atoms with Crippen LogP contribution in [0.1, 0.15) is 52.4 Å². The normalized spacial score (nSPS) is 24.9. The molecule has 1 heterocycles. The van der Waals surface area contributed by atoms with E-state index in [0.717, 1.165) is 12.6 Å². The molecule has 3 heteroatoms. The van der Waals surface area contributed by atoms with E-state index in [-0.39, 0.29) is 0 Å². The van der Waals surface area contributed by atoms with Gasteiger partial charge < -0.3 is 10.2 Å². The first-order valence-electron chi connectivity index (χ1n) is 8.49. The van der Waals surface area contributed by atoms with Gasteiger partial charge in [0.1, 0.15) is 0 Å². The molecule has 0 spiro atoms. The summed E-state index contributed by atoms with van der Waals surface area (Å²) in [6, 6.07) is 1.61. The molecule has 0 aromatic heterocycles. The zero-order chi connectivity index (χ0) is 13.5. The minimum atomic E-state index is 0.685. The van der Waals surface area contributed by atoms with Gasteiger partial charge >= 0.3 is 0 Å². The molecule has 0 aromatic rings. The van der Waals surface area contributed by atoms with E-state index in [4.69, 9.17) is 0 Å². The smallest absolute Gasteiger partial charge is 0.0113 e. The van der Waals surface area contributed by atoms with Crippen molar-refractivity contribution in [1.29, 1.82) is 0 Å². The molecule has 0 aromatic carbocycles. The SMILES string of the molecule is CCNC(C)CCCN1CCN(C2CCCC2)CC1. The Balaban J connectivity index is 1.55. The number of hydrogen-bond acceptors (Lipinski definition) is 3. The van der Waals surface area contributed by atoms with Crippen molar-refractivity contribution in [3.63, 3.8) is 0 Å². The minimum Gasteiger partial charge on any atom is -0.315 e. The van der Waals surface area contributed by atoms with Crippen LogP contribution in [-0.4, -0.2) is 61.2 Å². The van der Waals surface area contributed by atoms with Gasteiger partial charge in [0.25, 0.3) is 0 Å². The summed E-state index contributed by atoms with van der Waals surface area (Å²) in [4.78, 5) is 5.43. The van der Waals surface area contributed by atoms with Crippen molar-refractivity contribution in [2.24, 2.45) is 0 Å². The van der Waals surface area contributed by atoms with E-state index in [9.17, 15) is 0 Å². The molecular formula is C16H33N3. The molecule has 0 radical (unpaired) electrons. The van der Waals surface area contributed by atoms with Gasteiger partial charge in [-0.15, -0.1) is 0 Å². The molecule has 1 aliphatic heterocycles. The standard InChI is InChI=1S/C16H33N3/c1-3-17-15(2)7-6-10-18-11-13-19(14-12-18)16-8-4-5-9-16/h15-17H,3-14H2,1-2H3. The van der Waals surface area contributed by atoms with Crippen LogP contribution in [0.25, 0.3) is 0 Å². The first kappa shape index (κ1) is 15.3. The Morgan fingerprint density at radius 3 is 2.42 bits per heavy atom. The van der Waals surface area contributed by atoms with Crippen LogP contribution in [-0.2, 0) is 0 Å². The molecule has 1 N–H and O–H groups in total. The van der Waals surface area contributed by atoms with Crippen molar-refractivity contribution in [2.45, 2.75) is 64.5 Å². The molecule has 0 bridgehead atoms. The van der Waals surface area contributed by atoms with E-state index < -0.39 is 0 Å². The highest BCUT2D eigenvalue weighted by Gasteiger charge is 2.25. The zero-order valence-electron chi connectivity index (χ0n) is 13.0. The molecular weight excluding hydrogens is 234 g/mol. The Labute approximate surface area is 119 Å². The number of nitrogens with one attached hydrogen (secondary N) is 1. The predicted octanol–water partition coefficient (Wildman–Crippen LogP) is 2.32. The summed E-state index contributed by atoms with van der Waals surface area (Å²) in [5, 5.41) is 3.50. The average Bonchev–Trinajstić information content (AvgIpc) is 2.94. The summed E-state index contributed by atoms with van der Waals surface area (Å²) in [6.45, 7) is 12.1. The molecule has 3 nitrogen and oxygen atoms in total. The van der Waals surface area contributed by atoms with Crippen molar-refractivity contribution < 1.29 is 0 Å². The Kier molecular flexibility index (Phi) is 6.62. The van der Waals surface area contributed by atoms with Crippen LogP contribution >= 0.6 is 0 Å². The van der Waals surface area contributed by atoms with E-state index in [1.807, 2.05) is 0 Å². The third-order valence-electron chi connectivity index (χ3n) is 4.91. The Bertz CT molecular complexity index is 230. The van der Waals surface area contributed by atoms with E-state index in [1.165, 1.54) is 71.2 Å². The second-order valence-electron chi connectivity index (χ2n) is 6.42. The van der Waals surface area contributed by atoms with Crippen molar-refractivity contribution in [2.75, 3.05) is 39.3 Å². The first-order valence-corrected chi connectivity index (χ1v) is 8.49. The van der Waals surface area contributed by atoms with Gasteiger partial charge in [-0.1, -0.05) is 19.8 Å². The third kappa shape index (κ3) is 5.05. The molecule has 1 aliphatic carbocycles. The van der Waals surface area contributed by atoms with Gasteiger partial charge in [0.15, 0.2) is 0 Å². The fourth-order valence-corrected chi connectivity index (χ4v) is 3.69. The molecule has 2 aliphatic rings. The van der Waals surface area contributed by atoms with Crippen LogP contribution in [0, 0.1) is 0 Å². The molecule has 2 rings (SSSR count). The molecule has 112 valence electrons. The maximum Gasteiger partial charge on any atom is 0.0113 e. The van der Waals surface area contributed by atoms with Crippen molar-refractivity contribution in [3.8, 4) is 0 Å². The fraction of sp³-hybridized carbons (Fsp3) is 1.00. The molecule has 1 saturated heterocycles. The molecule has 1 unspecified atom stereocenters. The lowest BCUT2D eigenvalue weighted by Crippen LogP contribution is -2.49. The van der Waals surface area contributed by atoms with Crippen LogP contribution in [0.3, 0.4) is 0 Å². The van der Waals surface area contributed by atoms with E-state index in [1.54, 1.807) is 0 Å². The maximum absolute atomic E-state index is 3.50. The Morgan fingerprint density at radius 1 is 1.11 bits per heavy atom. The second-order valence-corrected chi connectivity index (χ2v) is 6.42. The summed E-state index contributed by atoms with van der Waals surface area (Å²) in [6.07, 6.45) is 8.51. The lowest BCUT2D eigenvalue weighted by molar-refractivity contribution is 0.0964. The fourth-order valence-electron chi connectivity index (χ4n) is 3.69. The molecule has 0 amide bonds. The van der Waals surface area contributed by atoms with E-state index in [0.29, 0.717) is 6.04 Å². The van der Waals surface area contributed by atoms with Gasteiger partial charge in [-0.05, 0) is 45.7 Å². The van der Waals surface area contributed by atoms with Gasteiger partial charge in [0.2, 0.25) is 0 Å². The molecule has 1 saturated carbocycles. The molecule has 19 heavy (non-hydrogen) atoms. The summed E-state index contributed by atoms with van der Waals surface area (Å²) in [5.74, 6) is 0. The van der Waals surface area contributed by atoms with Crippen LogP contribution in [0.4, 0.5) is 0 Å². The summed E-state index contributed by atoms with van der Waals surface area (Å²) >= 11 is 0. The highest BCUT2D eigenvalue weighted by molar-refractivity contribution is 4.82. The van der Waals surface area contributed by atoms with Crippen LogP contribution < -0.4 is 5.32 Å². The van der Waals surface area contributed by atoms with Crippen LogP contribution in [0.15, 0.2) is 0 Å². The van der Waals surface area contributed by atoms with Gasteiger partial charge in [-0.3, -0.25) is 4.90 Å². The quantitative estimate of drug-likeness (QED) is 0.764. The molecule has 2 fully saturated rings. The monoisotopic (exact) mass is 267 g/mol. The first-order chi connectivity index (χ1) is 9.29. The number of hydrogen-bond donors (Lipinski definition) is 1. The van der Waals surface area contributed by atoms with Crippen molar-refractivity contribution >= 4 is 0 Å². The predicted molar refractivity (Wildman–Crippen MR) is 82.6 cm³/mol. The highest BCUT2D eigenvalue weighted by Crippen LogP contribution is 2.24. The lowest BCUT2D eigenvalue weighted by Gasteiger charge is -2.38. The van der Waals surface area contributed by atoms with E-state index in [2.05, 4.69) is 29.0 Å². The summed E-state index contributed by atoms with van der Waals surface area (Å²) in [7, 11) is 0. The lowest BCUT2D eigenvalue weighted by atomic mass is 10.1. The number of rotatable bonds is 7. The molecule has 1 atom stereocenters. The van der Waals surface area contributed by atoms with Crippen LogP contribution in [0.5, 0.6) is 0 Å². The van der Waals surface area contributed by atoms with Crippen molar-refractivity contribution in [3.05, 3.63) is 0 Å². The summed E-state index contributed by atoms with van der Waals surface area (Å²) in [5.41, 5.74) is 0. The van der Waals surface area contributed by atoms with Crippen molar-refractivity contribution in [1.82, 2.24) is 15.1 Å². The van der Waals surface area contributed by atoms with E-state index >= 15 is 0 Å². The van der Waals surface area contributed by atoms with Gasteiger partial charge in [-0.25, -0.2) is 0 Å². The van der Waals surface area contributed by atoms with Gasteiger partial charge in [-0.2, -0.15) is 0 Å². The zero-order valence-corrected chi connectivity index (χ0v) is 13.0. The minimum absolute atomic E-state index is 0.685. The second kappa shape index (κ2) is 8.23. The van der Waals surface area contributed by atoms with Gasteiger partial charge in [0, 0.05) is 38.3 Å².